The van der Waals surface area contributed by atoms with Crippen molar-refractivity contribution < 1.29 is 4.79 Å². The van der Waals surface area contributed by atoms with Crippen molar-refractivity contribution in [2.45, 2.75) is 33.2 Å². The molecule has 0 fully saturated rings. The summed E-state index contributed by atoms with van der Waals surface area (Å²) in [4.78, 5) is 22.3. The molecule has 0 aliphatic heterocycles. The number of aromatic nitrogens is 2. The molecule has 1 heterocycles. The average molecular weight is 250 g/mol. The Hall–Kier alpha value is -1.49. The van der Waals surface area contributed by atoms with Gasteiger partial charge in [0.2, 0.25) is 5.91 Å². The van der Waals surface area contributed by atoms with Crippen molar-refractivity contribution in [3.05, 3.63) is 23.3 Å². The maximum absolute atomic E-state index is 11.7. The minimum atomic E-state index is -0.120. The molecular formula is C13H22N4O. The van der Waals surface area contributed by atoms with Crippen molar-refractivity contribution in [2.24, 2.45) is 0 Å². The molecule has 0 spiro atoms. The summed E-state index contributed by atoms with van der Waals surface area (Å²) in [6.07, 6.45) is 0.661. The van der Waals surface area contributed by atoms with Gasteiger partial charge in [0, 0.05) is 24.4 Å². The molecule has 18 heavy (non-hydrogen) atoms. The van der Waals surface area contributed by atoms with E-state index >= 15 is 0 Å². The van der Waals surface area contributed by atoms with Crippen LogP contribution in [-0.4, -0.2) is 47.5 Å². The van der Waals surface area contributed by atoms with E-state index < -0.39 is 0 Å². The SMILES string of the molecule is Cc1cc(C)nc(CCNC(=O)C(C)N(C)C)n1. The monoisotopic (exact) mass is 250 g/mol. The minimum absolute atomic E-state index is 0.0318. The van der Waals surface area contributed by atoms with Gasteiger partial charge in [0.1, 0.15) is 5.82 Å². The zero-order valence-electron chi connectivity index (χ0n) is 11.8. The van der Waals surface area contributed by atoms with Gasteiger partial charge in [0.05, 0.1) is 6.04 Å². The molecule has 1 aromatic rings. The molecule has 0 aliphatic rings. The Bertz CT molecular complexity index is 397. The Morgan fingerprint density at radius 1 is 1.33 bits per heavy atom. The predicted octanol–water partition coefficient (Wildman–Crippen LogP) is 0.702. The maximum atomic E-state index is 11.7. The van der Waals surface area contributed by atoms with E-state index in [9.17, 15) is 4.79 Å². The summed E-state index contributed by atoms with van der Waals surface area (Å²) in [5.41, 5.74) is 1.93. The Balaban J connectivity index is 2.44. The standard InChI is InChI=1S/C13H22N4O/c1-9-8-10(2)16-12(15-9)6-7-14-13(18)11(3)17(4)5/h8,11H,6-7H2,1-5H3,(H,14,18). The molecule has 1 N–H and O–H groups in total. The van der Waals surface area contributed by atoms with Crippen LogP contribution in [0, 0.1) is 13.8 Å². The number of hydrogen-bond donors (Lipinski definition) is 1. The highest BCUT2D eigenvalue weighted by atomic mass is 16.2. The number of amides is 1. The molecule has 5 heteroatoms. The van der Waals surface area contributed by atoms with Gasteiger partial charge in [0.25, 0.3) is 0 Å². The van der Waals surface area contributed by atoms with E-state index in [0.717, 1.165) is 17.2 Å². The van der Waals surface area contributed by atoms with Crippen LogP contribution in [0.15, 0.2) is 6.07 Å². The molecule has 0 saturated heterocycles. The fourth-order valence-corrected chi connectivity index (χ4v) is 1.59. The van der Waals surface area contributed by atoms with Gasteiger partial charge in [-0.25, -0.2) is 9.97 Å². The number of aryl methyl sites for hydroxylation is 2. The van der Waals surface area contributed by atoms with E-state index in [1.165, 1.54) is 0 Å². The lowest BCUT2D eigenvalue weighted by atomic mass is 10.2. The molecule has 0 aliphatic carbocycles. The molecule has 0 saturated carbocycles. The molecule has 0 radical (unpaired) electrons. The zero-order chi connectivity index (χ0) is 13.7. The number of hydrogen-bond acceptors (Lipinski definition) is 4. The van der Waals surface area contributed by atoms with E-state index in [1.807, 2.05) is 45.8 Å². The largest absolute Gasteiger partial charge is 0.354 e. The number of carbonyl (C=O) groups excluding carboxylic acids is 1. The third kappa shape index (κ3) is 4.41. The Morgan fingerprint density at radius 3 is 2.39 bits per heavy atom. The first-order valence-electron chi connectivity index (χ1n) is 6.15. The summed E-state index contributed by atoms with van der Waals surface area (Å²) >= 11 is 0. The fourth-order valence-electron chi connectivity index (χ4n) is 1.59. The number of likely N-dealkylation sites (N-methyl/N-ethyl adjacent to an activating group) is 1. The second-order valence-electron chi connectivity index (χ2n) is 4.75. The predicted molar refractivity (Wildman–Crippen MR) is 71.4 cm³/mol. The number of nitrogens with zero attached hydrogens (tertiary/aromatic N) is 3. The molecule has 1 aromatic heterocycles. The lowest BCUT2D eigenvalue weighted by molar-refractivity contribution is -0.124. The second kappa shape index (κ2) is 6.44. The summed E-state index contributed by atoms with van der Waals surface area (Å²) in [6, 6.07) is 1.82. The highest BCUT2D eigenvalue weighted by Gasteiger charge is 2.13. The molecule has 0 aromatic carbocycles. The van der Waals surface area contributed by atoms with Crippen LogP contribution in [0.4, 0.5) is 0 Å². The van der Waals surface area contributed by atoms with Crippen molar-refractivity contribution in [2.75, 3.05) is 20.6 Å². The third-order valence-corrected chi connectivity index (χ3v) is 2.83. The van der Waals surface area contributed by atoms with Crippen molar-refractivity contribution in [3.63, 3.8) is 0 Å². The summed E-state index contributed by atoms with van der Waals surface area (Å²) in [7, 11) is 3.77. The minimum Gasteiger partial charge on any atom is -0.354 e. The molecule has 5 nitrogen and oxygen atoms in total. The first kappa shape index (κ1) is 14.6. The van der Waals surface area contributed by atoms with Crippen LogP contribution in [0.1, 0.15) is 24.1 Å². The van der Waals surface area contributed by atoms with E-state index in [4.69, 9.17) is 0 Å². The highest BCUT2D eigenvalue weighted by molar-refractivity contribution is 5.81. The third-order valence-electron chi connectivity index (χ3n) is 2.83. The smallest absolute Gasteiger partial charge is 0.237 e. The van der Waals surface area contributed by atoms with E-state index in [-0.39, 0.29) is 11.9 Å². The van der Waals surface area contributed by atoms with E-state index in [0.29, 0.717) is 13.0 Å². The summed E-state index contributed by atoms with van der Waals surface area (Å²) in [5.74, 6) is 0.815. The molecule has 0 bridgehead atoms. The normalized spacial score (nSPS) is 12.6. The lowest BCUT2D eigenvalue weighted by Gasteiger charge is -2.18. The van der Waals surface area contributed by atoms with Gasteiger partial charge in [-0.2, -0.15) is 0 Å². The molecule has 1 amide bonds. The first-order valence-corrected chi connectivity index (χ1v) is 6.15. The van der Waals surface area contributed by atoms with Crippen LogP contribution >= 0.6 is 0 Å². The van der Waals surface area contributed by atoms with Gasteiger partial charge < -0.3 is 5.32 Å². The average Bonchev–Trinajstić information content (AvgIpc) is 2.26. The maximum Gasteiger partial charge on any atom is 0.237 e. The van der Waals surface area contributed by atoms with Gasteiger partial charge in [-0.15, -0.1) is 0 Å². The number of nitrogens with one attached hydrogen (secondary N) is 1. The molecule has 100 valence electrons. The van der Waals surface area contributed by atoms with E-state index in [2.05, 4.69) is 15.3 Å². The van der Waals surface area contributed by atoms with Gasteiger partial charge in [-0.1, -0.05) is 0 Å². The van der Waals surface area contributed by atoms with E-state index in [1.54, 1.807) is 0 Å². The Morgan fingerprint density at radius 2 is 1.89 bits per heavy atom. The van der Waals surface area contributed by atoms with Crippen molar-refractivity contribution >= 4 is 5.91 Å². The topological polar surface area (TPSA) is 58.1 Å². The quantitative estimate of drug-likeness (QED) is 0.836. The van der Waals surface area contributed by atoms with Gasteiger partial charge in [-0.05, 0) is 40.9 Å². The Labute approximate surface area is 109 Å². The van der Waals surface area contributed by atoms with Crippen LogP contribution in [0.2, 0.25) is 0 Å². The van der Waals surface area contributed by atoms with Crippen molar-refractivity contribution in [3.8, 4) is 0 Å². The zero-order valence-corrected chi connectivity index (χ0v) is 11.8. The van der Waals surface area contributed by atoms with Gasteiger partial charge in [0.15, 0.2) is 0 Å². The van der Waals surface area contributed by atoms with Crippen molar-refractivity contribution in [1.82, 2.24) is 20.2 Å². The van der Waals surface area contributed by atoms with Crippen LogP contribution < -0.4 is 5.32 Å². The number of rotatable bonds is 5. The molecular weight excluding hydrogens is 228 g/mol. The summed E-state index contributed by atoms with van der Waals surface area (Å²) < 4.78 is 0. The molecule has 1 unspecified atom stereocenters. The van der Waals surface area contributed by atoms with Crippen molar-refractivity contribution in [1.29, 1.82) is 0 Å². The second-order valence-corrected chi connectivity index (χ2v) is 4.75. The first-order chi connectivity index (χ1) is 8.40. The summed E-state index contributed by atoms with van der Waals surface area (Å²) in [6.45, 7) is 6.35. The van der Waals surface area contributed by atoms with Gasteiger partial charge >= 0.3 is 0 Å². The van der Waals surface area contributed by atoms with Crippen LogP contribution in [0.3, 0.4) is 0 Å². The Kier molecular flexibility index (Phi) is 5.22. The van der Waals surface area contributed by atoms with Gasteiger partial charge in [-0.3, -0.25) is 9.69 Å². The number of carbonyl (C=O) groups is 1. The molecule has 1 atom stereocenters. The van der Waals surface area contributed by atoms with Crippen LogP contribution in [0.25, 0.3) is 0 Å². The fraction of sp³-hybridized carbons (Fsp3) is 0.615. The lowest BCUT2D eigenvalue weighted by Crippen LogP contribution is -2.42. The highest BCUT2D eigenvalue weighted by Crippen LogP contribution is 1.99. The molecule has 1 rings (SSSR count). The van der Waals surface area contributed by atoms with Crippen LogP contribution in [0.5, 0.6) is 0 Å². The summed E-state index contributed by atoms with van der Waals surface area (Å²) in [5, 5.41) is 2.89. The van der Waals surface area contributed by atoms with Crippen LogP contribution in [-0.2, 0) is 11.2 Å².